The lowest BCUT2D eigenvalue weighted by molar-refractivity contribution is -0.138. The maximum Gasteiger partial charge on any atom is 0.416 e. The Labute approximate surface area is 193 Å². The van der Waals surface area contributed by atoms with Crippen LogP contribution in [-0.4, -0.2) is 20.2 Å². The van der Waals surface area contributed by atoms with E-state index in [9.17, 15) is 23.2 Å². The Hall–Kier alpha value is -4.13. The Morgan fingerprint density at radius 1 is 1.21 bits per heavy atom. The predicted octanol–water partition coefficient (Wildman–Crippen LogP) is 4.55. The number of hydrogen-bond acceptors (Lipinski definition) is 7. The van der Waals surface area contributed by atoms with Gasteiger partial charge in [0.15, 0.2) is 0 Å². The molecular weight excluding hydrogens is 453 g/mol. The van der Waals surface area contributed by atoms with Crippen molar-refractivity contribution >= 4 is 5.97 Å². The van der Waals surface area contributed by atoms with Crippen LogP contribution in [0.5, 0.6) is 11.5 Å². The van der Waals surface area contributed by atoms with E-state index in [2.05, 4.69) is 0 Å². The molecule has 0 aliphatic carbocycles. The summed E-state index contributed by atoms with van der Waals surface area (Å²) in [6, 6.07) is 11.3. The number of nitriles is 1. The number of alkyl halides is 3. The van der Waals surface area contributed by atoms with Crippen LogP contribution in [0.1, 0.15) is 29.5 Å². The van der Waals surface area contributed by atoms with Crippen molar-refractivity contribution in [2.45, 2.75) is 25.6 Å². The molecule has 7 nitrogen and oxygen atoms in total. The molecule has 178 valence electrons. The van der Waals surface area contributed by atoms with Gasteiger partial charge in [0.2, 0.25) is 5.88 Å². The van der Waals surface area contributed by atoms with Crippen LogP contribution in [0.25, 0.3) is 0 Å². The molecule has 0 unspecified atom stereocenters. The number of rotatable bonds is 6. The molecule has 0 fully saturated rings. The second kappa shape index (κ2) is 9.79. The number of hydrogen-bond donors (Lipinski definition) is 1. The lowest BCUT2D eigenvalue weighted by Crippen LogP contribution is -2.25. The monoisotopic (exact) mass is 474 g/mol. The highest BCUT2D eigenvalue weighted by Gasteiger charge is 2.36. The average molecular weight is 474 g/mol. The molecule has 1 atom stereocenters. The first-order chi connectivity index (χ1) is 16.1. The van der Waals surface area contributed by atoms with E-state index in [0.29, 0.717) is 16.9 Å². The van der Waals surface area contributed by atoms with E-state index in [1.54, 1.807) is 18.2 Å². The molecule has 2 aromatic rings. The molecule has 0 bridgehead atoms. The van der Waals surface area contributed by atoms with Gasteiger partial charge in [-0.3, -0.25) is 0 Å². The first kappa shape index (κ1) is 24.5. The Kier molecular flexibility index (Phi) is 7.05. The van der Waals surface area contributed by atoms with Crippen molar-refractivity contribution in [2.75, 3.05) is 14.2 Å². The van der Waals surface area contributed by atoms with Gasteiger partial charge in [0.1, 0.15) is 35.5 Å². The van der Waals surface area contributed by atoms with Crippen LogP contribution in [0, 0.1) is 11.3 Å². The minimum absolute atomic E-state index is 0.0147. The quantitative estimate of drug-likeness (QED) is 0.613. The van der Waals surface area contributed by atoms with Crippen molar-refractivity contribution in [2.24, 2.45) is 5.73 Å². The molecule has 2 aromatic carbocycles. The zero-order valence-corrected chi connectivity index (χ0v) is 18.5. The second-order valence-corrected chi connectivity index (χ2v) is 7.27. The fourth-order valence-electron chi connectivity index (χ4n) is 3.60. The maximum atomic E-state index is 13.0. The fourth-order valence-corrected chi connectivity index (χ4v) is 3.60. The number of carbonyl (C=O) groups is 1. The third kappa shape index (κ3) is 4.93. The van der Waals surface area contributed by atoms with Gasteiger partial charge in [0, 0.05) is 5.56 Å². The third-order valence-electron chi connectivity index (χ3n) is 5.20. The largest absolute Gasteiger partial charge is 0.496 e. The van der Waals surface area contributed by atoms with Gasteiger partial charge in [-0.05, 0) is 42.8 Å². The Morgan fingerprint density at radius 3 is 2.56 bits per heavy atom. The minimum atomic E-state index is -4.51. The van der Waals surface area contributed by atoms with Crippen LogP contribution in [0.4, 0.5) is 13.2 Å². The summed E-state index contributed by atoms with van der Waals surface area (Å²) in [4.78, 5) is 12.5. The van der Waals surface area contributed by atoms with Gasteiger partial charge >= 0.3 is 12.1 Å². The van der Waals surface area contributed by atoms with Gasteiger partial charge in [0.05, 0.1) is 31.3 Å². The zero-order chi connectivity index (χ0) is 25.0. The average Bonchev–Trinajstić information content (AvgIpc) is 2.81. The van der Waals surface area contributed by atoms with E-state index in [0.717, 1.165) is 12.1 Å². The molecule has 2 N–H and O–H groups in total. The molecule has 1 aliphatic heterocycles. The van der Waals surface area contributed by atoms with Gasteiger partial charge < -0.3 is 24.7 Å². The van der Waals surface area contributed by atoms with E-state index in [1.165, 1.54) is 33.3 Å². The highest BCUT2D eigenvalue weighted by molar-refractivity contribution is 5.92. The molecular formula is C24H21F3N2O5. The molecule has 34 heavy (non-hydrogen) atoms. The molecule has 0 amide bonds. The normalized spacial score (nSPS) is 16.0. The summed E-state index contributed by atoms with van der Waals surface area (Å²) in [5, 5.41) is 9.68. The molecule has 0 radical (unpaired) electrons. The van der Waals surface area contributed by atoms with E-state index in [4.69, 9.17) is 24.7 Å². The molecule has 10 heteroatoms. The van der Waals surface area contributed by atoms with Gasteiger partial charge in [-0.25, -0.2) is 4.79 Å². The molecule has 0 spiro atoms. The molecule has 0 aromatic heterocycles. The molecule has 0 saturated heterocycles. The fraction of sp³-hybridized carbons (Fsp3) is 0.250. The number of nitrogens with zero attached hydrogens (tertiary/aromatic N) is 1. The number of esters is 1. The Morgan fingerprint density at radius 2 is 1.94 bits per heavy atom. The maximum absolute atomic E-state index is 13.0. The Balaban J connectivity index is 2.01. The topological polar surface area (TPSA) is 104 Å². The Bertz CT molecular complexity index is 1210. The molecule has 0 saturated carbocycles. The van der Waals surface area contributed by atoms with Crippen molar-refractivity contribution in [3.63, 3.8) is 0 Å². The second-order valence-electron chi connectivity index (χ2n) is 7.27. The van der Waals surface area contributed by atoms with Crippen molar-refractivity contribution in [3.05, 3.63) is 81.9 Å². The standard InChI is InChI=1S/C24H21F3N2O5/c1-13-20(23(30)32-3)21(18(11-28)22(29)34-13)14-7-8-19(31-2)15(9-14)12-33-17-6-4-5-16(10-17)24(25,26)27/h4-10,21H,12,29H2,1-3H3/t21-/m1/s1. The highest BCUT2D eigenvalue weighted by Crippen LogP contribution is 2.41. The lowest BCUT2D eigenvalue weighted by atomic mass is 9.82. The molecule has 3 rings (SSSR count). The number of carbonyl (C=O) groups excluding carboxylic acids is 1. The summed E-state index contributed by atoms with van der Waals surface area (Å²) < 4.78 is 60.2. The summed E-state index contributed by atoms with van der Waals surface area (Å²) >= 11 is 0. The number of allylic oxidation sites excluding steroid dienone is 2. The van der Waals surface area contributed by atoms with E-state index < -0.39 is 23.6 Å². The van der Waals surface area contributed by atoms with Crippen LogP contribution in [0.3, 0.4) is 0 Å². The third-order valence-corrected chi connectivity index (χ3v) is 5.20. The van der Waals surface area contributed by atoms with Gasteiger partial charge in [-0.2, -0.15) is 18.4 Å². The van der Waals surface area contributed by atoms with E-state index >= 15 is 0 Å². The number of nitrogens with two attached hydrogens (primary N) is 1. The van der Waals surface area contributed by atoms with Gasteiger partial charge in [-0.1, -0.05) is 12.1 Å². The smallest absolute Gasteiger partial charge is 0.416 e. The molecule has 1 heterocycles. The highest BCUT2D eigenvalue weighted by atomic mass is 19.4. The van der Waals surface area contributed by atoms with Gasteiger partial charge in [0.25, 0.3) is 0 Å². The summed E-state index contributed by atoms with van der Waals surface area (Å²) in [6.45, 7) is 1.39. The number of benzene rings is 2. The van der Waals surface area contributed by atoms with Crippen molar-refractivity contribution in [1.29, 1.82) is 5.26 Å². The van der Waals surface area contributed by atoms with Crippen LogP contribution in [0.2, 0.25) is 0 Å². The van der Waals surface area contributed by atoms with Crippen molar-refractivity contribution in [1.82, 2.24) is 0 Å². The van der Waals surface area contributed by atoms with Crippen molar-refractivity contribution < 1.29 is 36.9 Å². The van der Waals surface area contributed by atoms with Crippen molar-refractivity contribution in [3.8, 4) is 17.6 Å². The summed E-state index contributed by atoms with van der Waals surface area (Å²) in [5.74, 6) is -1.12. The summed E-state index contributed by atoms with van der Waals surface area (Å²) in [7, 11) is 2.63. The van der Waals surface area contributed by atoms with Crippen LogP contribution in [-0.2, 0) is 27.1 Å². The van der Waals surface area contributed by atoms with E-state index in [1.807, 2.05) is 6.07 Å². The SMILES string of the molecule is COC(=O)C1=C(C)OC(N)=C(C#N)[C@H]1c1ccc(OC)c(COc2cccc(C(F)(F)F)c2)c1. The summed E-state index contributed by atoms with van der Waals surface area (Å²) in [6.07, 6.45) is -4.51. The summed E-state index contributed by atoms with van der Waals surface area (Å²) in [5.41, 5.74) is 6.14. The van der Waals surface area contributed by atoms with Crippen LogP contribution < -0.4 is 15.2 Å². The molecule has 1 aliphatic rings. The van der Waals surface area contributed by atoms with Gasteiger partial charge in [-0.15, -0.1) is 0 Å². The van der Waals surface area contributed by atoms with Crippen LogP contribution >= 0.6 is 0 Å². The first-order valence-corrected chi connectivity index (χ1v) is 9.94. The predicted molar refractivity (Wildman–Crippen MR) is 114 cm³/mol. The number of halogens is 3. The lowest BCUT2D eigenvalue weighted by Gasteiger charge is -2.27. The first-order valence-electron chi connectivity index (χ1n) is 9.94. The van der Waals surface area contributed by atoms with E-state index in [-0.39, 0.29) is 35.1 Å². The minimum Gasteiger partial charge on any atom is -0.496 e. The van der Waals surface area contributed by atoms with Crippen LogP contribution in [0.15, 0.2) is 65.3 Å². The number of ether oxygens (including phenoxy) is 4. The number of methoxy groups -OCH3 is 2. The zero-order valence-electron chi connectivity index (χ0n) is 18.5.